The number of hydrogen-bond acceptors (Lipinski definition) is 5. The van der Waals surface area contributed by atoms with E-state index in [2.05, 4.69) is 5.32 Å². The monoisotopic (exact) mass is 352 g/mol. The Labute approximate surface area is 143 Å². The summed E-state index contributed by atoms with van der Waals surface area (Å²) in [6, 6.07) is 5.54. The first-order valence-corrected chi connectivity index (χ1v) is 8.12. The van der Waals surface area contributed by atoms with Crippen molar-refractivity contribution < 1.29 is 14.7 Å². The predicted octanol–water partition coefficient (Wildman–Crippen LogP) is 2.51. The largest absolute Gasteiger partial charge is 0.394 e. The number of nitrogens with one attached hydrogen (secondary N) is 1. The molecule has 0 saturated heterocycles. The number of thiophene rings is 1. The first kappa shape index (κ1) is 17.6. The molecule has 1 aromatic carbocycles. The molecule has 2 rings (SSSR count). The van der Waals surface area contributed by atoms with E-state index in [1.54, 1.807) is 24.3 Å². The van der Waals surface area contributed by atoms with Crippen molar-refractivity contribution in [3.05, 3.63) is 50.9 Å². The molecular weight excluding hydrogens is 336 g/mol. The molecule has 122 valence electrons. The van der Waals surface area contributed by atoms with Crippen LogP contribution in [0.4, 0.5) is 5.00 Å². The van der Waals surface area contributed by atoms with Crippen LogP contribution in [0.5, 0.6) is 0 Å². The summed E-state index contributed by atoms with van der Waals surface area (Å²) >= 11 is 7.15. The molecule has 0 aliphatic carbocycles. The number of halogens is 1. The van der Waals surface area contributed by atoms with Gasteiger partial charge in [-0.25, -0.2) is 0 Å². The quantitative estimate of drug-likeness (QED) is 0.721. The van der Waals surface area contributed by atoms with Gasteiger partial charge in [0.15, 0.2) is 5.78 Å². The van der Waals surface area contributed by atoms with Gasteiger partial charge in [0.25, 0.3) is 0 Å². The summed E-state index contributed by atoms with van der Waals surface area (Å²) in [5.74, 6) is -0.727. The van der Waals surface area contributed by atoms with E-state index in [-0.39, 0.29) is 5.78 Å². The first-order valence-electron chi connectivity index (χ1n) is 6.92. The molecule has 1 heterocycles. The minimum atomic E-state index is -1.03. The first-order chi connectivity index (χ1) is 10.8. The van der Waals surface area contributed by atoms with Crippen molar-refractivity contribution in [2.45, 2.75) is 19.9 Å². The molecule has 7 heteroatoms. The number of nitrogens with two attached hydrogens (primary N) is 1. The summed E-state index contributed by atoms with van der Waals surface area (Å²) < 4.78 is 0. The Hall–Kier alpha value is -1.73. The van der Waals surface area contributed by atoms with Crippen LogP contribution in [0.1, 0.15) is 26.4 Å². The number of ketones is 1. The Morgan fingerprint density at radius 3 is 2.48 bits per heavy atom. The van der Waals surface area contributed by atoms with Gasteiger partial charge < -0.3 is 16.2 Å². The Balaban J connectivity index is 2.39. The van der Waals surface area contributed by atoms with E-state index >= 15 is 0 Å². The number of anilines is 1. The molecule has 23 heavy (non-hydrogen) atoms. The average Bonchev–Trinajstić information content (AvgIpc) is 2.80. The molecule has 0 bridgehead atoms. The Kier molecular flexibility index (Phi) is 5.54. The maximum absolute atomic E-state index is 12.8. The van der Waals surface area contributed by atoms with Crippen LogP contribution in [-0.4, -0.2) is 29.4 Å². The van der Waals surface area contributed by atoms with Crippen LogP contribution in [0.3, 0.4) is 0 Å². The lowest BCUT2D eigenvalue weighted by Gasteiger charge is -2.10. The number of aliphatic hydroxyl groups is 1. The fourth-order valence-corrected chi connectivity index (χ4v) is 3.21. The van der Waals surface area contributed by atoms with Crippen molar-refractivity contribution in [3.63, 3.8) is 0 Å². The highest BCUT2D eigenvalue weighted by molar-refractivity contribution is 7.16. The molecule has 4 N–H and O–H groups in total. The van der Waals surface area contributed by atoms with Crippen LogP contribution >= 0.6 is 22.9 Å². The van der Waals surface area contributed by atoms with Gasteiger partial charge in [-0.3, -0.25) is 9.59 Å². The number of carbonyl (C=O) groups excluding carboxylic acids is 2. The van der Waals surface area contributed by atoms with E-state index in [4.69, 9.17) is 22.4 Å². The van der Waals surface area contributed by atoms with E-state index in [1.807, 2.05) is 13.8 Å². The minimum absolute atomic E-state index is 0.198. The van der Waals surface area contributed by atoms with Gasteiger partial charge in [0.1, 0.15) is 11.0 Å². The number of rotatable bonds is 5. The van der Waals surface area contributed by atoms with Crippen LogP contribution < -0.4 is 11.1 Å². The Morgan fingerprint density at radius 2 is 1.91 bits per heavy atom. The minimum Gasteiger partial charge on any atom is -0.394 e. The summed E-state index contributed by atoms with van der Waals surface area (Å²) in [7, 11) is 0. The number of aryl methyl sites for hydroxylation is 1. The maximum atomic E-state index is 12.8. The van der Waals surface area contributed by atoms with Crippen LogP contribution in [0.15, 0.2) is 24.3 Å². The summed E-state index contributed by atoms with van der Waals surface area (Å²) in [5, 5.41) is 12.6. The molecule has 0 saturated carbocycles. The van der Waals surface area contributed by atoms with Crippen molar-refractivity contribution in [2.24, 2.45) is 5.73 Å². The van der Waals surface area contributed by atoms with Crippen molar-refractivity contribution >= 4 is 39.6 Å². The van der Waals surface area contributed by atoms with E-state index in [1.165, 1.54) is 11.3 Å². The van der Waals surface area contributed by atoms with Crippen LogP contribution in [0.25, 0.3) is 0 Å². The summed E-state index contributed by atoms with van der Waals surface area (Å²) in [6.07, 6.45) is 0. The molecule has 0 aliphatic rings. The highest BCUT2D eigenvalue weighted by Crippen LogP contribution is 2.34. The smallest absolute Gasteiger partial charge is 0.244 e. The lowest BCUT2D eigenvalue weighted by Crippen LogP contribution is -2.38. The van der Waals surface area contributed by atoms with E-state index in [9.17, 15) is 9.59 Å². The SMILES string of the molecule is Cc1sc(NC(=O)C(N)CO)c(C(=O)c2ccc(Cl)cc2)c1C. The molecule has 1 aromatic heterocycles. The highest BCUT2D eigenvalue weighted by Gasteiger charge is 2.23. The Bertz CT molecular complexity index is 741. The second-order valence-corrected chi connectivity index (χ2v) is 6.76. The van der Waals surface area contributed by atoms with E-state index < -0.39 is 18.6 Å². The van der Waals surface area contributed by atoms with E-state index in [0.29, 0.717) is 21.2 Å². The van der Waals surface area contributed by atoms with Crippen LogP contribution in [0, 0.1) is 13.8 Å². The van der Waals surface area contributed by atoms with Gasteiger partial charge in [0.2, 0.25) is 5.91 Å². The summed E-state index contributed by atoms with van der Waals surface area (Å²) in [4.78, 5) is 25.6. The Morgan fingerprint density at radius 1 is 1.30 bits per heavy atom. The number of carbonyl (C=O) groups is 2. The molecule has 1 atom stereocenters. The van der Waals surface area contributed by atoms with Gasteiger partial charge in [0, 0.05) is 15.5 Å². The van der Waals surface area contributed by atoms with Gasteiger partial charge in [-0.15, -0.1) is 11.3 Å². The van der Waals surface area contributed by atoms with Gasteiger partial charge in [-0.2, -0.15) is 0 Å². The topological polar surface area (TPSA) is 92.4 Å². The summed E-state index contributed by atoms with van der Waals surface area (Å²) in [5.41, 5.74) is 7.24. The second-order valence-electron chi connectivity index (χ2n) is 5.10. The number of amides is 1. The number of aliphatic hydroxyl groups excluding tert-OH is 1. The third-order valence-corrected chi connectivity index (χ3v) is 4.86. The number of hydrogen-bond donors (Lipinski definition) is 3. The third-order valence-electron chi connectivity index (χ3n) is 3.49. The van der Waals surface area contributed by atoms with Gasteiger partial charge in [0.05, 0.1) is 12.2 Å². The van der Waals surface area contributed by atoms with Crippen LogP contribution in [0.2, 0.25) is 5.02 Å². The molecular formula is C16H17ClN2O3S. The second kappa shape index (κ2) is 7.23. The molecule has 2 aromatic rings. The lowest BCUT2D eigenvalue weighted by molar-refractivity contribution is -0.118. The zero-order valence-corrected chi connectivity index (χ0v) is 14.3. The lowest BCUT2D eigenvalue weighted by atomic mass is 10.0. The fourth-order valence-electron chi connectivity index (χ4n) is 2.02. The zero-order chi connectivity index (χ0) is 17.1. The van der Waals surface area contributed by atoms with Crippen molar-refractivity contribution in [3.8, 4) is 0 Å². The molecule has 0 fully saturated rings. The standard InChI is InChI=1S/C16H17ClN2O3S/c1-8-9(2)23-16(19-15(22)12(18)7-20)13(8)14(21)10-3-5-11(17)6-4-10/h3-6,12,20H,7,18H2,1-2H3,(H,19,22). The van der Waals surface area contributed by atoms with Gasteiger partial charge in [-0.05, 0) is 43.7 Å². The molecule has 1 unspecified atom stereocenters. The van der Waals surface area contributed by atoms with Gasteiger partial charge in [-0.1, -0.05) is 11.6 Å². The average molecular weight is 353 g/mol. The van der Waals surface area contributed by atoms with Crippen molar-refractivity contribution in [1.29, 1.82) is 0 Å². The van der Waals surface area contributed by atoms with Crippen molar-refractivity contribution in [2.75, 3.05) is 11.9 Å². The molecule has 0 radical (unpaired) electrons. The molecule has 0 aliphatic heterocycles. The predicted molar refractivity (Wildman–Crippen MR) is 92.4 cm³/mol. The molecule has 5 nitrogen and oxygen atoms in total. The molecule has 1 amide bonds. The van der Waals surface area contributed by atoms with Gasteiger partial charge >= 0.3 is 0 Å². The fraction of sp³-hybridized carbons (Fsp3) is 0.250. The maximum Gasteiger partial charge on any atom is 0.244 e. The normalized spacial score (nSPS) is 12.0. The highest BCUT2D eigenvalue weighted by atomic mass is 35.5. The van der Waals surface area contributed by atoms with Crippen molar-refractivity contribution in [1.82, 2.24) is 0 Å². The molecule has 0 spiro atoms. The third kappa shape index (κ3) is 3.79. The van der Waals surface area contributed by atoms with Crippen LogP contribution in [-0.2, 0) is 4.79 Å². The summed E-state index contributed by atoms with van der Waals surface area (Å²) in [6.45, 7) is 3.24. The van der Waals surface area contributed by atoms with E-state index in [0.717, 1.165) is 10.4 Å². The number of benzene rings is 1. The zero-order valence-electron chi connectivity index (χ0n) is 12.7.